The van der Waals surface area contributed by atoms with Crippen LogP contribution in [0.25, 0.3) is 0 Å². The standard InChI is InChI=1S/C12H20N4O2/c1-11(2)6-15(7-12(11,3)18)10(17)4-5-16-9-13-8-14-16/h8-9,18H,4-7H2,1-3H3/t12-/m1/s1. The van der Waals surface area contributed by atoms with Crippen LogP contribution >= 0.6 is 0 Å². The monoisotopic (exact) mass is 252 g/mol. The summed E-state index contributed by atoms with van der Waals surface area (Å²) in [5.74, 6) is 0.0522. The summed E-state index contributed by atoms with van der Waals surface area (Å²) in [7, 11) is 0. The van der Waals surface area contributed by atoms with Crippen LogP contribution < -0.4 is 0 Å². The average Bonchev–Trinajstić information content (AvgIpc) is 2.82. The highest BCUT2D eigenvalue weighted by molar-refractivity contribution is 5.76. The minimum Gasteiger partial charge on any atom is -0.388 e. The van der Waals surface area contributed by atoms with Crippen LogP contribution in [0.2, 0.25) is 0 Å². The first-order chi connectivity index (χ1) is 8.32. The van der Waals surface area contributed by atoms with Crippen LogP contribution in [0.3, 0.4) is 0 Å². The van der Waals surface area contributed by atoms with Gasteiger partial charge in [0.05, 0.1) is 12.1 Å². The summed E-state index contributed by atoms with van der Waals surface area (Å²) in [6.45, 7) is 7.28. The summed E-state index contributed by atoms with van der Waals surface area (Å²) >= 11 is 0. The van der Waals surface area contributed by atoms with Crippen molar-refractivity contribution < 1.29 is 9.90 Å². The van der Waals surface area contributed by atoms with Gasteiger partial charge in [-0.3, -0.25) is 9.48 Å². The Morgan fingerprint density at radius 1 is 1.39 bits per heavy atom. The van der Waals surface area contributed by atoms with Crippen LogP contribution in [0.4, 0.5) is 0 Å². The zero-order chi connectivity index (χ0) is 13.4. The van der Waals surface area contributed by atoms with E-state index >= 15 is 0 Å². The van der Waals surface area contributed by atoms with Gasteiger partial charge in [0.1, 0.15) is 12.7 Å². The molecule has 0 radical (unpaired) electrons. The summed E-state index contributed by atoms with van der Waals surface area (Å²) in [5.41, 5.74) is -1.09. The second-order valence-corrected chi connectivity index (χ2v) is 5.82. The van der Waals surface area contributed by atoms with Crippen LogP contribution in [-0.2, 0) is 11.3 Å². The normalized spacial score (nSPS) is 26.6. The Morgan fingerprint density at radius 3 is 2.61 bits per heavy atom. The number of aryl methyl sites for hydroxylation is 1. The van der Waals surface area contributed by atoms with Crippen molar-refractivity contribution in [3.63, 3.8) is 0 Å². The number of likely N-dealkylation sites (tertiary alicyclic amines) is 1. The van der Waals surface area contributed by atoms with E-state index in [9.17, 15) is 9.90 Å². The third kappa shape index (κ3) is 2.38. The Hall–Kier alpha value is -1.43. The molecule has 0 aliphatic carbocycles. The lowest BCUT2D eigenvalue weighted by Gasteiger charge is -2.30. The number of aliphatic hydroxyl groups is 1. The van der Waals surface area contributed by atoms with Gasteiger partial charge in [0.2, 0.25) is 5.91 Å². The van der Waals surface area contributed by atoms with Gasteiger partial charge in [-0.25, -0.2) is 4.98 Å². The predicted molar refractivity (Wildman–Crippen MR) is 65.6 cm³/mol. The number of nitrogens with zero attached hydrogens (tertiary/aromatic N) is 4. The Balaban J connectivity index is 1.92. The SMILES string of the molecule is CC1(C)CN(C(=O)CCn2cncn2)C[C@@]1(C)O. The molecule has 2 rings (SSSR count). The van der Waals surface area contributed by atoms with Crippen molar-refractivity contribution in [2.24, 2.45) is 5.41 Å². The zero-order valence-corrected chi connectivity index (χ0v) is 11.1. The van der Waals surface area contributed by atoms with E-state index in [0.29, 0.717) is 26.1 Å². The molecule has 1 saturated heterocycles. The molecule has 2 heterocycles. The van der Waals surface area contributed by atoms with Crippen LogP contribution in [0.15, 0.2) is 12.7 Å². The van der Waals surface area contributed by atoms with Crippen molar-refractivity contribution in [3.8, 4) is 0 Å². The van der Waals surface area contributed by atoms with E-state index in [2.05, 4.69) is 10.1 Å². The Morgan fingerprint density at radius 2 is 2.11 bits per heavy atom. The van der Waals surface area contributed by atoms with Crippen molar-refractivity contribution >= 4 is 5.91 Å². The molecular formula is C12H20N4O2. The summed E-state index contributed by atoms with van der Waals surface area (Å²) < 4.78 is 1.64. The molecule has 6 nitrogen and oxygen atoms in total. The van der Waals surface area contributed by atoms with E-state index in [1.54, 1.807) is 22.8 Å². The zero-order valence-electron chi connectivity index (χ0n) is 11.1. The first-order valence-electron chi connectivity index (χ1n) is 6.14. The molecule has 1 aromatic rings. The highest BCUT2D eigenvalue weighted by atomic mass is 16.3. The van der Waals surface area contributed by atoms with Crippen molar-refractivity contribution in [2.45, 2.75) is 39.3 Å². The fourth-order valence-electron chi connectivity index (χ4n) is 2.18. The maximum atomic E-state index is 12.1. The maximum absolute atomic E-state index is 12.1. The lowest BCUT2D eigenvalue weighted by Crippen LogP contribution is -2.40. The molecule has 0 spiro atoms. The number of hydrogen-bond acceptors (Lipinski definition) is 4. The second-order valence-electron chi connectivity index (χ2n) is 5.82. The molecule has 1 aliphatic rings. The van der Waals surface area contributed by atoms with E-state index in [-0.39, 0.29) is 11.3 Å². The van der Waals surface area contributed by atoms with Gasteiger partial charge in [-0.15, -0.1) is 0 Å². The third-order valence-electron chi connectivity index (χ3n) is 3.92. The molecule has 1 amide bonds. The molecular weight excluding hydrogens is 232 g/mol. The van der Waals surface area contributed by atoms with Crippen molar-refractivity contribution in [2.75, 3.05) is 13.1 Å². The van der Waals surface area contributed by atoms with Crippen LogP contribution in [0.1, 0.15) is 27.2 Å². The lowest BCUT2D eigenvalue weighted by atomic mass is 9.79. The Bertz CT molecular complexity index is 409. The number of hydrogen-bond donors (Lipinski definition) is 1. The molecule has 0 bridgehead atoms. The van der Waals surface area contributed by atoms with E-state index in [1.165, 1.54) is 6.33 Å². The van der Waals surface area contributed by atoms with Crippen LogP contribution in [0.5, 0.6) is 0 Å². The van der Waals surface area contributed by atoms with Gasteiger partial charge in [-0.1, -0.05) is 13.8 Å². The molecule has 1 aliphatic heterocycles. The van der Waals surface area contributed by atoms with Gasteiger partial charge in [0.15, 0.2) is 0 Å². The van der Waals surface area contributed by atoms with Crippen molar-refractivity contribution in [1.29, 1.82) is 0 Å². The molecule has 0 aromatic carbocycles. The topological polar surface area (TPSA) is 71.2 Å². The molecule has 1 fully saturated rings. The maximum Gasteiger partial charge on any atom is 0.224 e. The van der Waals surface area contributed by atoms with Crippen LogP contribution in [-0.4, -0.2) is 49.4 Å². The van der Waals surface area contributed by atoms with Crippen LogP contribution in [0, 0.1) is 5.41 Å². The summed E-state index contributed by atoms with van der Waals surface area (Å²) in [5, 5.41) is 14.2. The molecule has 1 aromatic heterocycles. The molecule has 6 heteroatoms. The van der Waals surface area contributed by atoms with E-state index < -0.39 is 5.60 Å². The largest absolute Gasteiger partial charge is 0.388 e. The van der Waals surface area contributed by atoms with Crippen molar-refractivity contribution in [3.05, 3.63) is 12.7 Å². The van der Waals surface area contributed by atoms with Gasteiger partial charge in [-0.2, -0.15) is 5.10 Å². The van der Waals surface area contributed by atoms with Gasteiger partial charge in [-0.05, 0) is 6.92 Å². The van der Waals surface area contributed by atoms with E-state index in [1.807, 2.05) is 13.8 Å². The Labute approximate surface area is 107 Å². The molecule has 1 atom stereocenters. The molecule has 1 N–H and O–H groups in total. The number of amides is 1. The number of carbonyl (C=O) groups is 1. The predicted octanol–water partition coefficient (Wildman–Crippen LogP) is 0.288. The minimum atomic E-state index is -0.823. The second kappa shape index (κ2) is 4.35. The number of β-amino-alcohol motifs (C(OH)–C–C–N with tert-alkyl or cyclic N) is 1. The lowest BCUT2D eigenvalue weighted by molar-refractivity contribution is -0.131. The minimum absolute atomic E-state index is 0.0522. The van der Waals surface area contributed by atoms with E-state index in [4.69, 9.17) is 0 Å². The van der Waals surface area contributed by atoms with Gasteiger partial charge in [0.25, 0.3) is 0 Å². The highest BCUT2D eigenvalue weighted by Gasteiger charge is 2.48. The van der Waals surface area contributed by atoms with Crippen molar-refractivity contribution in [1.82, 2.24) is 19.7 Å². The summed E-state index contributed by atoms with van der Waals surface area (Å²) in [4.78, 5) is 17.6. The quantitative estimate of drug-likeness (QED) is 0.839. The number of carbonyl (C=O) groups excluding carboxylic acids is 1. The third-order valence-corrected chi connectivity index (χ3v) is 3.92. The van der Waals surface area contributed by atoms with Gasteiger partial charge >= 0.3 is 0 Å². The fraction of sp³-hybridized carbons (Fsp3) is 0.750. The molecule has 0 saturated carbocycles. The Kier molecular flexibility index (Phi) is 3.14. The first-order valence-corrected chi connectivity index (χ1v) is 6.14. The fourth-order valence-corrected chi connectivity index (χ4v) is 2.18. The van der Waals surface area contributed by atoms with Gasteiger partial charge < -0.3 is 10.0 Å². The first kappa shape index (κ1) is 13.0. The number of aromatic nitrogens is 3. The van der Waals surface area contributed by atoms with E-state index in [0.717, 1.165) is 0 Å². The average molecular weight is 252 g/mol. The highest BCUT2D eigenvalue weighted by Crippen LogP contribution is 2.38. The smallest absolute Gasteiger partial charge is 0.224 e. The summed E-state index contributed by atoms with van der Waals surface area (Å²) in [6.07, 6.45) is 3.43. The number of rotatable bonds is 3. The molecule has 18 heavy (non-hydrogen) atoms. The molecule has 0 unspecified atom stereocenters. The van der Waals surface area contributed by atoms with Gasteiger partial charge in [0, 0.05) is 24.9 Å². The summed E-state index contributed by atoms with van der Waals surface area (Å²) in [6, 6.07) is 0. The molecule has 100 valence electrons.